The number of hydrogen-bond acceptors (Lipinski definition) is 5. The zero-order chi connectivity index (χ0) is 18.9. The molecule has 0 aliphatic carbocycles. The van der Waals surface area contributed by atoms with Gasteiger partial charge < -0.3 is 5.32 Å². The number of halogens is 6. The third kappa shape index (κ3) is 3.43. The molecule has 1 aromatic carbocycles. The molecule has 2 aromatic heterocycles. The third-order valence-electron chi connectivity index (χ3n) is 3.33. The summed E-state index contributed by atoms with van der Waals surface area (Å²) in [4.78, 5) is 3.47. The number of benzene rings is 1. The molecule has 0 aliphatic heterocycles. The maximum absolute atomic E-state index is 13.6. The number of rotatable bonds is 4. The highest BCUT2D eigenvalue weighted by Gasteiger charge is 2.38. The van der Waals surface area contributed by atoms with E-state index in [1.165, 1.54) is 18.3 Å². The topological polar surface area (TPSA) is 68.5 Å². The second-order valence-corrected chi connectivity index (χ2v) is 5.35. The minimum absolute atomic E-state index is 0.0923. The Morgan fingerprint density at radius 3 is 2.62 bits per heavy atom. The number of anilines is 1. The molecule has 12 heteroatoms. The van der Waals surface area contributed by atoms with Gasteiger partial charge in [-0.25, -0.2) is 9.37 Å². The van der Waals surface area contributed by atoms with Gasteiger partial charge in [-0.15, -0.1) is 0 Å². The Balaban J connectivity index is 1.95. The maximum Gasteiger partial charge on any atom is 0.420 e. The van der Waals surface area contributed by atoms with Gasteiger partial charge in [0.25, 0.3) is 0 Å². The highest BCUT2D eigenvalue weighted by atomic mass is 35.5. The van der Waals surface area contributed by atoms with Gasteiger partial charge >= 0.3 is 6.18 Å². The predicted octanol–water partition coefficient (Wildman–Crippen LogP) is 3.62. The van der Waals surface area contributed by atoms with Crippen molar-refractivity contribution in [3.8, 4) is 5.69 Å². The third-order valence-corrected chi connectivity index (χ3v) is 3.71. The fourth-order valence-electron chi connectivity index (χ4n) is 2.15. The first kappa shape index (κ1) is 18.0. The summed E-state index contributed by atoms with van der Waals surface area (Å²) >= 11 is 5.73. The van der Waals surface area contributed by atoms with Gasteiger partial charge in [0.15, 0.2) is 0 Å². The SMILES string of the molecule is Fc1ccc(-n2nnnc2NCc2cccnc2F)c(Cl)c1C(F)(F)F. The van der Waals surface area contributed by atoms with E-state index in [4.69, 9.17) is 11.6 Å². The molecule has 3 aromatic rings. The molecule has 26 heavy (non-hydrogen) atoms. The van der Waals surface area contributed by atoms with Crippen molar-refractivity contribution in [1.29, 1.82) is 0 Å². The average molecular weight is 391 g/mol. The van der Waals surface area contributed by atoms with Crippen LogP contribution in [0.1, 0.15) is 11.1 Å². The van der Waals surface area contributed by atoms with Crippen molar-refractivity contribution >= 4 is 17.5 Å². The normalized spacial score (nSPS) is 11.6. The predicted molar refractivity (Wildman–Crippen MR) is 80.6 cm³/mol. The fraction of sp³-hybridized carbons (Fsp3) is 0.143. The van der Waals surface area contributed by atoms with Crippen LogP contribution in [0.4, 0.5) is 27.9 Å². The summed E-state index contributed by atoms with van der Waals surface area (Å²) in [6.07, 6.45) is -3.74. The van der Waals surface area contributed by atoms with E-state index < -0.39 is 28.5 Å². The van der Waals surface area contributed by atoms with Crippen LogP contribution in [0.25, 0.3) is 5.69 Å². The van der Waals surface area contributed by atoms with E-state index in [1.54, 1.807) is 0 Å². The minimum atomic E-state index is -5.00. The van der Waals surface area contributed by atoms with Crippen molar-refractivity contribution in [2.75, 3.05) is 5.32 Å². The van der Waals surface area contributed by atoms with E-state index in [2.05, 4.69) is 25.8 Å². The number of aromatic nitrogens is 5. The lowest BCUT2D eigenvalue weighted by Gasteiger charge is -2.14. The van der Waals surface area contributed by atoms with Crippen LogP contribution >= 0.6 is 11.6 Å². The molecule has 136 valence electrons. The zero-order valence-electron chi connectivity index (χ0n) is 12.6. The molecule has 0 unspecified atom stereocenters. The quantitative estimate of drug-likeness (QED) is 0.544. The molecule has 0 spiro atoms. The summed E-state index contributed by atoms with van der Waals surface area (Å²) in [7, 11) is 0. The van der Waals surface area contributed by atoms with Gasteiger partial charge in [0.2, 0.25) is 11.9 Å². The van der Waals surface area contributed by atoms with Crippen molar-refractivity contribution in [2.45, 2.75) is 12.7 Å². The van der Waals surface area contributed by atoms with Crippen LogP contribution in [-0.4, -0.2) is 25.2 Å². The fourth-order valence-corrected chi connectivity index (χ4v) is 2.49. The average Bonchev–Trinajstić information content (AvgIpc) is 3.01. The monoisotopic (exact) mass is 390 g/mol. The van der Waals surface area contributed by atoms with Crippen molar-refractivity contribution in [3.63, 3.8) is 0 Å². The molecular formula is C14H8ClF5N6. The lowest BCUT2D eigenvalue weighted by atomic mass is 10.1. The summed E-state index contributed by atoms with van der Waals surface area (Å²) in [5.41, 5.74) is -1.74. The maximum atomic E-state index is 13.6. The van der Waals surface area contributed by atoms with Gasteiger partial charge in [0.05, 0.1) is 10.7 Å². The zero-order valence-corrected chi connectivity index (χ0v) is 13.4. The Morgan fingerprint density at radius 2 is 1.92 bits per heavy atom. The van der Waals surface area contributed by atoms with Crippen LogP contribution in [0.2, 0.25) is 5.02 Å². The number of nitrogens with one attached hydrogen (secondary N) is 1. The lowest BCUT2D eigenvalue weighted by Crippen LogP contribution is -2.13. The van der Waals surface area contributed by atoms with Crippen LogP contribution in [0.3, 0.4) is 0 Å². The minimum Gasteiger partial charge on any atom is -0.349 e. The summed E-state index contributed by atoms with van der Waals surface area (Å²) in [5, 5.41) is 12.3. The Kier molecular flexibility index (Phi) is 4.72. The summed E-state index contributed by atoms with van der Waals surface area (Å²) in [6.45, 7) is -0.0923. The Hall–Kier alpha value is -2.82. The van der Waals surface area contributed by atoms with Crippen LogP contribution in [-0.2, 0) is 12.7 Å². The van der Waals surface area contributed by atoms with Crippen LogP contribution in [0.5, 0.6) is 0 Å². The second kappa shape index (κ2) is 6.83. The van der Waals surface area contributed by atoms with E-state index in [-0.39, 0.29) is 23.7 Å². The molecular weight excluding hydrogens is 383 g/mol. The number of pyridine rings is 1. The van der Waals surface area contributed by atoms with E-state index in [9.17, 15) is 22.0 Å². The first-order valence-electron chi connectivity index (χ1n) is 6.96. The Labute approximate surface area is 147 Å². The molecule has 0 saturated heterocycles. The van der Waals surface area contributed by atoms with Gasteiger partial charge in [0, 0.05) is 18.3 Å². The lowest BCUT2D eigenvalue weighted by molar-refractivity contribution is -0.139. The molecule has 2 heterocycles. The largest absolute Gasteiger partial charge is 0.420 e. The van der Waals surface area contributed by atoms with Crippen LogP contribution < -0.4 is 5.32 Å². The molecule has 0 aliphatic rings. The molecule has 0 amide bonds. The second-order valence-electron chi connectivity index (χ2n) is 4.97. The number of nitrogens with zero attached hydrogens (tertiary/aromatic N) is 5. The molecule has 0 bridgehead atoms. The Bertz CT molecular complexity index is 942. The first-order valence-corrected chi connectivity index (χ1v) is 7.34. The standard InChI is InChI=1S/C14H8ClF5N6/c15-11-9(4-3-8(16)10(11)14(18,19)20)26-13(23-24-25-26)22-6-7-2-1-5-21-12(7)17/h1-5H,6H2,(H,22,23,25). The summed E-state index contributed by atoms with van der Waals surface area (Å²) in [6, 6.07) is 4.57. The van der Waals surface area contributed by atoms with E-state index in [0.717, 1.165) is 10.7 Å². The van der Waals surface area contributed by atoms with E-state index in [0.29, 0.717) is 6.07 Å². The van der Waals surface area contributed by atoms with Crippen LogP contribution in [0, 0.1) is 11.8 Å². The highest BCUT2D eigenvalue weighted by Crippen LogP contribution is 2.39. The van der Waals surface area contributed by atoms with Crippen molar-refractivity contribution < 1.29 is 22.0 Å². The molecule has 6 nitrogen and oxygen atoms in total. The molecule has 0 radical (unpaired) electrons. The molecule has 1 N–H and O–H groups in total. The smallest absolute Gasteiger partial charge is 0.349 e. The van der Waals surface area contributed by atoms with Gasteiger partial charge in [-0.1, -0.05) is 22.8 Å². The van der Waals surface area contributed by atoms with Crippen LogP contribution in [0.15, 0.2) is 30.5 Å². The first-order chi connectivity index (χ1) is 12.3. The number of tetrazole rings is 1. The van der Waals surface area contributed by atoms with Gasteiger partial charge in [-0.2, -0.15) is 22.2 Å². The van der Waals surface area contributed by atoms with Gasteiger partial charge in [-0.3, -0.25) is 0 Å². The Morgan fingerprint density at radius 1 is 1.15 bits per heavy atom. The molecule has 0 saturated carbocycles. The van der Waals surface area contributed by atoms with Crippen molar-refractivity contribution in [3.05, 3.63) is 58.4 Å². The molecule has 3 rings (SSSR count). The van der Waals surface area contributed by atoms with E-state index in [1.807, 2.05) is 0 Å². The number of alkyl halides is 3. The molecule has 0 atom stereocenters. The van der Waals surface area contributed by atoms with Crippen molar-refractivity contribution in [2.24, 2.45) is 0 Å². The van der Waals surface area contributed by atoms with Gasteiger partial charge in [-0.05, 0) is 28.6 Å². The number of hydrogen-bond donors (Lipinski definition) is 1. The van der Waals surface area contributed by atoms with E-state index >= 15 is 0 Å². The summed E-state index contributed by atoms with van der Waals surface area (Å²) in [5.74, 6) is -2.36. The summed E-state index contributed by atoms with van der Waals surface area (Å²) < 4.78 is 66.9. The molecule has 0 fully saturated rings. The van der Waals surface area contributed by atoms with Gasteiger partial charge in [0.1, 0.15) is 11.4 Å². The van der Waals surface area contributed by atoms with Crippen molar-refractivity contribution in [1.82, 2.24) is 25.2 Å². The highest BCUT2D eigenvalue weighted by molar-refractivity contribution is 6.33.